The molecule has 126 valence electrons. The zero-order valence-electron chi connectivity index (χ0n) is 13.7. The Bertz CT molecular complexity index is 1060. The van der Waals surface area contributed by atoms with E-state index in [0.717, 1.165) is 27.7 Å². The van der Waals surface area contributed by atoms with Crippen molar-refractivity contribution >= 4 is 11.0 Å². The molecule has 0 unspecified atom stereocenters. The highest BCUT2D eigenvalue weighted by atomic mass is 19.3. The summed E-state index contributed by atoms with van der Waals surface area (Å²) in [6.45, 7) is 0. The van der Waals surface area contributed by atoms with Gasteiger partial charge < -0.3 is 4.57 Å². The molecular formula is C18H15F2N5. The van der Waals surface area contributed by atoms with Crippen molar-refractivity contribution in [3.8, 4) is 22.4 Å². The molecule has 7 heteroatoms. The SMILES string of the molecule is Cn1cc(-c2ccc(C(F)F)nc2-c2ccc3c(c2)ncn3C)cn1. The molecule has 3 heterocycles. The maximum atomic E-state index is 13.2. The van der Waals surface area contributed by atoms with E-state index in [-0.39, 0.29) is 5.69 Å². The largest absolute Gasteiger partial charge is 0.334 e. The lowest BCUT2D eigenvalue weighted by molar-refractivity contribution is 0.146. The summed E-state index contributed by atoms with van der Waals surface area (Å²) in [4.78, 5) is 8.56. The molecule has 0 radical (unpaired) electrons. The van der Waals surface area contributed by atoms with Crippen LogP contribution in [0.15, 0.2) is 49.1 Å². The monoisotopic (exact) mass is 339 g/mol. The van der Waals surface area contributed by atoms with Crippen molar-refractivity contribution in [1.82, 2.24) is 24.3 Å². The molecule has 4 rings (SSSR count). The number of hydrogen-bond donors (Lipinski definition) is 0. The first-order chi connectivity index (χ1) is 12.0. The Morgan fingerprint density at radius 3 is 2.60 bits per heavy atom. The minimum absolute atomic E-state index is 0.247. The van der Waals surface area contributed by atoms with Gasteiger partial charge in [0.05, 0.1) is 29.3 Å². The first-order valence-corrected chi connectivity index (χ1v) is 7.72. The summed E-state index contributed by atoms with van der Waals surface area (Å²) in [6.07, 6.45) is 2.63. The summed E-state index contributed by atoms with van der Waals surface area (Å²) in [6, 6.07) is 8.69. The maximum Gasteiger partial charge on any atom is 0.280 e. The van der Waals surface area contributed by atoms with E-state index < -0.39 is 6.43 Å². The number of nitrogens with zero attached hydrogens (tertiary/aromatic N) is 5. The van der Waals surface area contributed by atoms with E-state index in [4.69, 9.17) is 0 Å². The number of aryl methyl sites for hydroxylation is 2. The molecule has 0 spiro atoms. The fourth-order valence-electron chi connectivity index (χ4n) is 2.89. The molecule has 0 aliphatic rings. The molecular weight excluding hydrogens is 324 g/mol. The molecule has 4 aromatic rings. The van der Waals surface area contributed by atoms with E-state index in [0.29, 0.717) is 5.69 Å². The Morgan fingerprint density at radius 1 is 1.04 bits per heavy atom. The van der Waals surface area contributed by atoms with E-state index in [1.54, 1.807) is 23.3 Å². The zero-order valence-corrected chi connectivity index (χ0v) is 13.7. The number of imidazole rings is 1. The number of benzene rings is 1. The van der Waals surface area contributed by atoms with Crippen LogP contribution < -0.4 is 0 Å². The van der Waals surface area contributed by atoms with Gasteiger partial charge in [-0.15, -0.1) is 0 Å². The second-order valence-corrected chi connectivity index (χ2v) is 5.89. The lowest BCUT2D eigenvalue weighted by atomic mass is 10.0. The van der Waals surface area contributed by atoms with Gasteiger partial charge in [0, 0.05) is 37.0 Å². The predicted molar refractivity (Wildman–Crippen MR) is 91.1 cm³/mol. The normalized spacial score (nSPS) is 11.6. The van der Waals surface area contributed by atoms with Gasteiger partial charge in [-0.05, 0) is 18.2 Å². The van der Waals surface area contributed by atoms with E-state index in [1.807, 2.05) is 43.1 Å². The summed E-state index contributed by atoms with van der Waals surface area (Å²) in [5.74, 6) is 0. The van der Waals surface area contributed by atoms with Crippen LogP contribution in [0.4, 0.5) is 8.78 Å². The van der Waals surface area contributed by atoms with Gasteiger partial charge in [0.1, 0.15) is 5.69 Å². The molecule has 3 aromatic heterocycles. The molecule has 5 nitrogen and oxygen atoms in total. The Kier molecular flexibility index (Phi) is 3.56. The number of rotatable bonds is 3. The molecule has 0 aliphatic heterocycles. The number of aromatic nitrogens is 5. The molecule has 1 aromatic carbocycles. The molecule has 0 saturated heterocycles. The first-order valence-electron chi connectivity index (χ1n) is 7.72. The lowest BCUT2D eigenvalue weighted by Crippen LogP contribution is -1.96. The van der Waals surface area contributed by atoms with Crippen molar-refractivity contribution in [3.05, 3.63) is 54.7 Å². The summed E-state index contributed by atoms with van der Waals surface area (Å²) >= 11 is 0. The Hall–Kier alpha value is -3.09. The van der Waals surface area contributed by atoms with Crippen LogP contribution in [0.1, 0.15) is 12.1 Å². The van der Waals surface area contributed by atoms with Crippen molar-refractivity contribution < 1.29 is 8.78 Å². The smallest absolute Gasteiger partial charge is 0.280 e. The number of hydrogen-bond acceptors (Lipinski definition) is 3. The molecule has 0 atom stereocenters. The van der Waals surface area contributed by atoms with Crippen LogP contribution in [0, 0.1) is 0 Å². The van der Waals surface area contributed by atoms with Crippen molar-refractivity contribution in [2.75, 3.05) is 0 Å². The summed E-state index contributed by atoms with van der Waals surface area (Å²) in [7, 11) is 3.72. The van der Waals surface area contributed by atoms with Crippen LogP contribution in [-0.4, -0.2) is 24.3 Å². The average molecular weight is 339 g/mol. The quantitative estimate of drug-likeness (QED) is 0.567. The molecule has 0 fully saturated rings. The topological polar surface area (TPSA) is 48.5 Å². The van der Waals surface area contributed by atoms with Gasteiger partial charge >= 0.3 is 0 Å². The van der Waals surface area contributed by atoms with Crippen LogP contribution in [0.25, 0.3) is 33.4 Å². The number of halogens is 2. The maximum absolute atomic E-state index is 13.2. The lowest BCUT2D eigenvalue weighted by Gasteiger charge is -2.10. The van der Waals surface area contributed by atoms with Gasteiger partial charge in [0.25, 0.3) is 6.43 Å². The van der Waals surface area contributed by atoms with Crippen LogP contribution in [0.3, 0.4) is 0 Å². The summed E-state index contributed by atoms with van der Waals surface area (Å²) in [5, 5.41) is 4.16. The van der Waals surface area contributed by atoms with Crippen molar-refractivity contribution in [1.29, 1.82) is 0 Å². The van der Waals surface area contributed by atoms with E-state index >= 15 is 0 Å². The Balaban J connectivity index is 1.94. The standard InChI is InChI=1S/C18H15F2N5/c1-24-10-21-15-7-11(3-6-16(15)24)17-13(12-8-22-25(2)9-12)4-5-14(23-17)18(19)20/h3-10,18H,1-2H3. The molecule has 0 N–H and O–H groups in total. The highest BCUT2D eigenvalue weighted by molar-refractivity contribution is 5.86. The Labute approximate surface area is 142 Å². The second kappa shape index (κ2) is 5.77. The molecule has 0 amide bonds. The highest BCUT2D eigenvalue weighted by Gasteiger charge is 2.16. The minimum atomic E-state index is -2.62. The van der Waals surface area contributed by atoms with Crippen LogP contribution in [-0.2, 0) is 14.1 Å². The molecule has 0 saturated carbocycles. The molecule has 0 aliphatic carbocycles. The van der Waals surface area contributed by atoms with E-state index in [9.17, 15) is 8.78 Å². The third kappa shape index (κ3) is 2.67. The van der Waals surface area contributed by atoms with Crippen molar-refractivity contribution in [2.24, 2.45) is 14.1 Å². The van der Waals surface area contributed by atoms with Gasteiger partial charge in [-0.1, -0.05) is 12.1 Å². The average Bonchev–Trinajstić information content (AvgIpc) is 3.20. The van der Waals surface area contributed by atoms with E-state index in [1.165, 1.54) is 6.07 Å². The molecule has 0 bridgehead atoms. The summed E-state index contributed by atoms with van der Waals surface area (Å²) in [5.41, 5.74) is 4.34. The third-order valence-corrected chi connectivity index (χ3v) is 4.16. The van der Waals surface area contributed by atoms with Crippen molar-refractivity contribution in [3.63, 3.8) is 0 Å². The fraction of sp³-hybridized carbons (Fsp3) is 0.167. The Morgan fingerprint density at radius 2 is 1.88 bits per heavy atom. The number of alkyl halides is 2. The number of fused-ring (bicyclic) bond motifs is 1. The third-order valence-electron chi connectivity index (χ3n) is 4.16. The van der Waals surface area contributed by atoms with Gasteiger partial charge in [0.15, 0.2) is 0 Å². The van der Waals surface area contributed by atoms with Crippen molar-refractivity contribution in [2.45, 2.75) is 6.43 Å². The van der Waals surface area contributed by atoms with Crippen LogP contribution in [0.2, 0.25) is 0 Å². The summed E-state index contributed by atoms with van der Waals surface area (Å²) < 4.78 is 29.9. The first kappa shape index (κ1) is 15.4. The second-order valence-electron chi connectivity index (χ2n) is 5.89. The minimum Gasteiger partial charge on any atom is -0.334 e. The fourth-order valence-corrected chi connectivity index (χ4v) is 2.89. The van der Waals surface area contributed by atoms with Gasteiger partial charge in [-0.3, -0.25) is 4.68 Å². The molecule has 25 heavy (non-hydrogen) atoms. The highest BCUT2D eigenvalue weighted by Crippen LogP contribution is 2.33. The van der Waals surface area contributed by atoms with Gasteiger partial charge in [-0.2, -0.15) is 5.10 Å². The van der Waals surface area contributed by atoms with E-state index in [2.05, 4.69) is 15.1 Å². The predicted octanol–water partition coefficient (Wildman–Crippen LogP) is 3.97. The van der Waals surface area contributed by atoms with Crippen LogP contribution >= 0.6 is 0 Å². The van der Waals surface area contributed by atoms with Gasteiger partial charge in [-0.25, -0.2) is 18.7 Å². The van der Waals surface area contributed by atoms with Gasteiger partial charge in [0.2, 0.25) is 0 Å². The zero-order chi connectivity index (χ0) is 17.6. The van der Waals surface area contributed by atoms with Crippen LogP contribution in [0.5, 0.6) is 0 Å². The number of pyridine rings is 1.